The van der Waals surface area contributed by atoms with E-state index in [0.717, 1.165) is 5.82 Å². The summed E-state index contributed by atoms with van der Waals surface area (Å²) in [6.07, 6.45) is 3.42. The Morgan fingerprint density at radius 1 is 1.43 bits per heavy atom. The zero-order valence-electron chi connectivity index (χ0n) is 12.1. The number of carboxylic acid groups (broad SMARTS) is 1. The van der Waals surface area contributed by atoms with E-state index in [2.05, 4.69) is 4.98 Å². The smallest absolute Gasteiger partial charge is 0.353 e. The molecule has 3 aliphatic heterocycles. The second-order valence-electron chi connectivity index (χ2n) is 5.53. The van der Waals surface area contributed by atoms with Gasteiger partial charge in [-0.25, -0.2) is 9.78 Å². The molecule has 0 unspecified atom stereocenters. The van der Waals surface area contributed by atoms with Crippen LogP contribution < -0.4 is 0 Å². The van der Waals surface area contributed by atoms with Crippen LogP contribution in [-0.4, -0.2) is 54.7 Å². The van der Waals surface area contributed by atoms with E-state index in [1.54, 1.807) is 28.8 Å². The van der Waals surface area contributed by atoms with Gasteiger partial charge in [-0.2, -0.15) is 0 Å². The minimum Gasteiger partial charge on any atom is -0.477 e. The predicted molar refractivity (Wildman–Crippen MR) is 80.6 cm³/mol. The molecule has 1 fully saturated rings. The molecule has 0 aromatic carbocycles. The molecule has 3 aliphatic rings. The van der Waals surface area contributed by atoms with Crippen LogP contribution in [0.4, 0.5) is 0 Å². The molecule has 1 atom stereocenters. The first-order chi connectivity index (χ1) is 11.0. The highest BCUT2D eigenvalue weighted by molar-refractivity contribution is 8.03. The average Bonchev–Trinajstić information content (AvgIpc) is 3.06. The van der Waals surface area contributed by atoms with Crippen molar-refractivity contribution in [1.29, 1.82) is 0 Å². The van der Waals surface area contributed by atoms with E-state index in [1.807, 2.05) is 0 Å². The Kier molecular flexibility index (Phi) is 2.89. The molecule has 0 radical (unpaired) electrons. The SMILES string of the molecule is CN1Cc2nc(/C=C3/C(=O)N4C(C(=O)O)=CS[C@H]34)cn2CC1=O. The van der Waals surface area contributed by atoms with E-state index in [9.17, 15) is 14.4 Å². The normalized spacial score (nSPS) is 24.5. The van der Waals surface area contributed by atoms with Gasteiger partial charge in [-0.15, -0.1) is 11.8 Å². The number of carbonyl (C=O) groups excluding carboxylic acids is 2. The van der Waals surface area contributed by atoms with Gasteiger partial charge in [-0.3, -0.25) is 14.5 Å². The first-order valence-corrected chi connectivity index (χ1v) is 7.84. The fraction of sp³-hybridized carbons (Fsp3) is 0.286. The van der Waals surface area contributed by atoms with Gasteiger partial charge in [0, 0.05) is 18.7 Å². The molecule has 0 spiro atoms. The van der Waals surface area contributed by atoms with Gasteiger partial charge in [0.1, 0.15) is 23.4 Å². The van der Waals surface area contributed by atoms with Gasteiger partial charge < -0.3 is 14.6 Å². The summed E-state index contributed by atoms with van der Waals surface area (Å²) in [7, 11) is 1.72. The maximum absolute atomic E-state index is 12.2. The molecule has 118 valence electrons. The Morgan fingerprint density at radius 3 is 2.96 bits per heavy atom. The summed E-state index contributed by atoms with van der Waals surface area (Å²) in [6.45, 7) is 0.677. The monoisotopic (exact) mass is 332 g/mol. The third-order valence-electron chi connectivity index (χ3n) is 4.04. The van der Waals surface area contributed by atoms with Crippen molar-refractivity contribution in [1.82, 2.24) is 19.4 Å². The van der Waals surface area contributed by atoms with Crippen LogP contribution in [0.1, 0.15) is 11.5 Å². The second kappa shape index (κ2) is 4.72. The van der Waals surface area contributed by atoms with Crippen LogP contribution in [-0.2, 0) is 27.5 Å². The highest BCUT2D eigenvalue weighted by Gasteiger charge is 2.49. The van der Waals surface area contributed by atoms with Crippen LogP contribution in [0.3, 0.4) is 0 Å². The molecule has 4 heterocycles. The number of aromatic nitrogens is 2. The number of hydrogen-bond acceptors (Lipinski definition) is 5. The number of β-lactam (4-membered cyclic amide) rings is 1. The summed E-state index contributed by atoms with van der Waals surface area (Å²) in [5, 5.41) is 10.2. The number of hydrogen-bond donors (Lipinski definition) is 1. The van der Waals surface area contributed by atoms with Gasteiger partial charge >= 0.3 is 5.97 Å². The molecule has 1 aromatic rings. The van der Waals surface area contributed by atoms with E-state index in [-0.39, 0.29) is 29.4 Å². The Bertz CT molecular complexity index is 825. The first-order valence-electron chi connectivity index (χ1n) is 6.90. The summed E-state index contributed by atoms with van der Waals surface area (Å²) in [4.78, 5) is 42.2. The number of rotatable bonds is 2. The van der Waals surface area contributed by atoms with Crippen LogP contribution in [0, 0.1) is 0 Å². The molecule has 23 heavy (non-hydrogen) atoms. The largest absolute Gasteiger partial charge is 0.477 e. The van der Waals surface area contributed by atoms with Crippen molar-refractivity contribution in [2.24, 2.45) is 0 Å². The highest BCUT2D eigenvalue weighted by Crippen LogP contribution is 2.45. The van der Waals surface area contributed by atoms with Crippen LogP contribution in [0.15, 0.2) is 22.9 Å². The van der Waals surface area contributed by atoms with Gasteiger partial charge in [-0.05, 0) is 6.08 Å². The van der Waals surface area contributed by atoms with Crippen molar-refractivity contribution in [3.63, 3.8) is 0 Å². The van der Waals surface area contributed by atoms with Crippen LogP contribution in [0.25, 0.3) is 6.08 Å². The van der Waals surface area contributed by atoms with Crippen molar-refractivity contribution >= 4 is 35.6 Å². The van der Waals surface area contributed by atoms with Crippen molar-refractivity contribution in [3.05, 3.63) is 34.4 Å². The van der Waals surface area contributed by atoms with Crippen molar-refractivity contribution in [2.75, 3.05) is 7.05 Å². The van der Waals surface area contributed by atoms with Crippen molar-refractivity contribution < 1.29 is 19.5 Å². The van der Waals surface area contributed by atoms with Gasteiger partial charge in [-0.1, -0.05) is 0 Å². The van der Waals surface area contributed by atoms with E-state index in [0.29, 0.717) is 17.8 Å². The van der Waals surface area contributed by atoms with Crippen LogP contribution in [0.5, 0.6) is 0 Å². The molecule has 1 aromatic heterocycles. The third-order valence-corrected chi connectivity index (χ3v) is 5.13. The molecule has 2 amide bonds. The Balaban J connectivity index is 1.59. The van der Waals surface area contributed by atoms with Crippen LogP contribution >= 0.6 is 11.8 Å². The fourth-order valence-corrected chi connectivity index (χ4v) is 3.92. The molecular formula is C14H12N4O4S. The summed E-state index contributed by atoms with van der Waals surface area (Å²) in [5.41, 5.74) is 1.15. The highest BCUT2D eigenvalue weighted by atomic mass is 32.2. The van der Waals surface area contributed by atoms with Gasteiger partial charge in [0.2, 0.25) is 5.91 Å². The number of carbonyl (C=O) groups is 3. The van der Waals surface area contributed by atoms with E-state index < -0.39 is 5.97 Å². The number of likely N-dealkylation sites (N-methyl/N-ethyl adjacent to an activating group) is 1. The lowest BCUT2D eigenvalue weighted by atomic mass is 10.0. The quantitative estimate of drug-likeness (QED) is 0.609. The van der Waals surface area contributed by atoms with E-state index in [4.69, 9.17) is 5.11 Å². The van der Waals surface area contributed by atoms with E-state index >= 15 is 0 Å². The average molecular weight is 332 g/mol. The zero-order valence-corrected chi connectivity index (χ0v) is 12.9. The Hall–Kier alpha value is -2.55. The Labute approximate surface area is 135 Å². The maximum Gasteiger partial charge on any atom is 0.353 e. The second-order valence-corrected chi connectivity index (χ2v) is 6.49. The molecule has 1 N–H and O–H groups in total. The number of carboxylic acids is 1. The van der Waals surface area contributed by atoms with Gasteiger partial charge in [0.05, 0.1) is 17.8 Å². The molecule has 8 nitrogen and oxygen atoms in total. The first kappa shape index (κ1) is 14.1. The summed E-state index contributed by atoms with van der Waals surface area (Å²) >= 11 is 1.29. The number of imidazole rings is 1. The summed E-state index contributed by atoms with van der Waals surface area (Å²) < 4.78 is 1.78. The third kappa shape index (κ3) is 2.00. The molecule has 0 saturated carbocycles. The predicted octanol–water partition coefficient (Wildman–Crippen LogP) is 0.0796. The standard InChI is InChI=1S/C14H12N4O4S/c1-16-4-10-15-7(3-17(10)5-11(16)19)2-8-12(20)18-9(14(21)22)6-23-13(8)18/h2-3,6,13H,4-5H2,1H3,(H,21,22)/b8-2-/t13-/m1/s1. The lowest BCUT2D eigenvalue weighted by molar-refractivity contribution is -0.141. The molecule has 0 aliphatic carbocycles. The number of amides is 2. The maximum atomic E-state index is 12.2. The lowest BCUT2D eigenvalue weighted by Gasteiger charge is -2.36. The summed E-state index contributed by atoms with van der Waals surface area (Å²) in [5.74, 6) is -0.633. The van der Waals surface area contributed by atoms with Crippen LogP contribution in [0.2, 0.25) is 0 Å². The van der Waals surface area contributed by atoms with Crippen molar-refractivity contribution in [2.45, 2.75) is 18.5 Å². The molecule has 4 rings (SSSR count). The summed E-state index contributed by atoms with van der Waals surface area (Å²) in [6, 6.07) is 0. The number of aliphatic carboxylic acids is 1. The lowest BCUT2D eigenvalue weighted by Crippen LogP contribution is -2.51. The molecular weight excluding hydrogens is 320 g/mol. The van der Waals surface area contributed by atoms with Crippen molar-refractivity contribution in [3.8, 4) is 0 Å². The molecule has 1 saturated heterocycles. The fourth-order valence-electron chi connectivity index (χ4n) is 2.80. The number of thioether (sulfide) groups is 1. The Morgan fingerprint density at radius 2 is 2.22 bits per heavy atom. The molecule has 9 heteroatoms. The molecule has 0 bridgehead atoms. The minimum atomic E-state index is -1.11. The van der Waals surface area contributed by atoms with Gasteiger partial charge in [0.15, 0.2) is 0 Å². The number of nitrogens with zero attached hydrogens (tertiary/aromatic N) is 4. The van der Waals surface area contributed by atoms with Gasteiger partial charge in [0.25, 0.3) is 5.91 Å². The number of fused-ring (bicyclic) bond motifs is 2. The van der Waals surface area contributed by atoms with E-state index in [1.165, 1.54) is 22.1 Å². The topological polar surface area (TPSA) is 95.7 Å². The minimum absolute atomic E-state index is 0.0125. The zero-order chi connectivity index (χ0) is 16.3.